The van der Waals surface area contributed by atoms with Crippen LogP contribution in [-0.4, -0.2) is 27.3 Å². The fourth-order valence-corrected chi connectivity index (χ4v) is 2.11. The number of nitrogens with one attached hydrogen (secondary N) is 1. The molecule has 3 nitrogen and oxygen atoms in total. The maximum absolute atomic E-state index is 5.44. The average Bonchev–Trinajstić information content (AvgIpc) is 2.66. The van der Waals surface area contributed by atoms with E-state index in [-0.39, 0.29) is 0 Å². The second-order valence-corrected chi connectivity index (χ2v) is 4.08. The van der Waals surface area contributed by atoms with Crippen LogP contribution in [-0.2, 0) is 0 Å². The van der Waals surface area contributed by atoms with Crippen LogP contribution in [0.15, 0.2) is 24.3 Å². The number of rotatable bonds is 3. The van der Waals surface area contributed by atoms with Crippen molar-refractivity contribution in [3.8, 4) is 11.5 Å². The van der Waals surface area contributed by atoms with Crippen molar-refractivity contribution in [1.82, 2.24) is 5.32 Å². The summed E-state index contributed by atoms with van der Waals surface area (Å²) in [6.07, 6.45) is 4.41. The third kappa shape index (κ3) is 2.80. The van der Waals surface area contributed by atoms with Crippen LogP contribution in [0.25, 0.3) is 5.57 Å². The lowest BCUT2D eigenvalue weighted by molar-refractivity contribution is 0.393. The number of ether oxygens (including phenoxy) is 2. The number of methoxy groups -OCH3 is 2. The first kappa shape index (κ1) is 12.0. The Morgan fingerprint density at radius 1 is 1.12 bits per heavy atom. The van der Waals surface area contributed by atoms with Crippen LogP contribution in [0, 0.1) is 0 Å². The largest absolute Gasteiger partial charge is 0.497 e. The lowest BCUT2D eigenvalue weighted by Crippen LogP contribution is -2.13. The molecule has 1 aliphatic rings. The van der Waals surface area contributed by atoms with Crippen LogP contribution in [0.4, 0.5) is 0 Å². The van der Waals surface area contributed by atoms with Gasteiger partial charge in [-0.05, 0) is 43.6 Å². The molecular formula is C14H19NO2. The Morgan fingerprint density at radius 2 is 2.00 bits per heavy atom. The second-order valence-electron chi connectivity index (χ2n) is 4.08. The van der Waals surface area contributed by atoms with E-state index < -0.39 is 0 Å². The third-order valence-electron chi connectivity index (χ3n) is 3.04. The van der Waals surface area contributed by atoms with Gasteiger partial charge >= 0.3 is 0 Å². The molecule has 1 N–H and O–H groups in total. The zero-order valence-corrected chi connectivity index (χ0v) is 10.5. The van der Waals surface area contributed by atoms with Gasteiger partial charge in [0, 0.05) is 11.6 Å². The Hall–Kier alpha value is -1.48. The van der Waals surface area contributed by atoms with Crippen molar-refractivity contribution in [2.45, 2.75) is 12.8 Å². The highest BCUT2D eigenvalue weighted by atomic mass is 16.5. The van der Waals surface area contributed by atoms with Crippen LogP contribution in [0.5, 0.6) is 11.5 Å². The molecule has 1 aliphatic heterocycles. The smallest absolute Gasteiger partial charge is 0.130 e. The quantitative estimate of drug-likeness (QED) is 0.870. The molecule has 0 saturated carbocycles. The summed E-state index contributed by atoms with van der Waals surface area (Å²) in [4.78, 5) is 0. The van der Waals surface area contributed by atoms with Crippen molar-refractivity contribution in [2.75, 3.05) is 27.3 Å². The average molecular weight is 233 g/mol. The predicted octanol–water partition coefficient (Wildman–Crippen LogP) is 2.47. The molecule has 0 radical (unpaired) electrons. The van der Waals surface area contributed by atoms with Gasteiger partial charge in [-0.3, -0.25) is 0 Å². The van der Waals surface area contributed by atoms with Crippen molar-refractivity contribution >= 4 is 5.57 Å². The van der Waals surface area contributed by atoms with Crippen LogP contribution in [0.1, 0.15) is 18.4 Å². The minimum Gasteiger partial charge on any atom is -0.497 e. The third-order valence-corrected chi connectivity index (χ3v) is 3.04. The molecule has 0 saturated heterocycles. The van der Waals surface area contributed by atoms with Crippen LogP contribution >= 0.6 is 0 Å². The van der Waals surface area contributed by atoms with E-state index >= 15 is 0 Å². The molecule has 0 amide bonds. The van der Waals surface area contributed by atoms with Gasteiger partial charge in [-0.2, -0.15) is 0 Å². The lowest BCUT2D eigenvalue weighted by atomic mass is 10.0. The predicted molar refractivity (Wildman–Crippen MR) is 69.6 cm³/mol. The molecule has 92 valence electrons. The zero-order valence-electron chi connectivity index (χ0n) is 10.5. The fraction of sp³-hybridized carbons (Fsp3) is 0.429. The summed E-state index contributed by atoms with van der Waals surface area (Å²) >= 11 is 0. The SMILES string of the molecule is COc1ccc(C2=CCCNCC2)c(OC)c1. The molecule has 3 heteroatoms. The minimum absolute atomic E-state index is 0.831. The topological polar surface area (TPSA) is 30.5 Å². The van der Waals surface area contributed by atoms with Crippen LogP contribution < -0.4 is 14.8 Å². The van der Waals surface area contributed by atoms with Crippen molar-refractivity contribution in [3.05, 3.63) is 29.8 Å². The van der Waals surface area contributed by atoms with Crippen molar-refractivity contribution in [1.29, 1.82) is 0 Å². The highest BCUT2D eigenvalue weighted by molar-refractivity contribution is 5.71. The normalized spacial score (nSPS) is 16.0. The molecule has 1 heterocycles. The first-order chi connectivity index (χ1) is 8.35. The first-order valence-corrected chi connectivity index (χ1v) is 5.97. The van der Waals surface area contributed by atoms with Gasteiger partial charge in [0.15, 0.2) is 0 Å². The number of benzene rings is 1. The van der Waals surface area contributed by atoms with E-state index in [1.54, 1.807) is 14.2 Å². The second kappa shape index (κ2) is 5.73. The molecule has 0 unspecified atom stereocenters. The van der Waals surface area contributed by atoms with Crippen molar-refractivity contribution < 1.29 is 9.47 Å². The maximum atomic E-state index is 5.44. The highest BCUT2D eigenvalue weighted by Crippen LogP contribution is 2.32. The van der Waals surface area contributed by atoms with Gasteiger partial charge in [0.05, 0.1) is 14.2 Å². The summed E-state index contributed by atoms with van der Waals surface area (Å²) in [7, 11) is 3.37. The molecular weight excluding hydrogens is 214 g/mol. The van der Waals surface area contributed by atoms with E-state index in [4.69, 9.17) is 9.47 Å². The van der Waals surface area contributed by atoms with E-state index in [1.165, 1.54) is 11.1 Å². The summed E-state index contributed by atoms with van der Waals surface area (Å²) in [5.41, 5.74) is 2.53. The van der Waals surface area contributed by atoms with Gasteiger partial charge in [-0.25, -0.2) is 0 Å². The molecule has 2 rings (SSSR count). The Balaban J connectivity index is 2.33. The molecule has 0 aromatic heterocycles. The van der Waals surface area contributed by atoms with E-state index in [1.807, 2.05) is 12.1 Å². The molecule has 0 bridgehead atoms. The summed E-state index contributed by atoms with van der Waals surface area (Å²) in [5, 5.41) is 3.39. The molecule has 1 aromatic rings. The Kier molecular flexibility index (Phi) is 4.04. The van der Waals surface area contributed by atoms with Gasteiger partial charge in [0.2, 0.25) is 0 Å². The van der Waals surface area contributed by atoms with Gasteiger partial charge in [0.1, 0.15) is 11.5 Å². The molecule has 0 fully saturated rings. The van der Waals surface area contributed by atoms with Crippen molar-refractivity contribution in [2.24, 2.45) is 0 Å². The number of hydrogen-bond donors (Lipinski definition) is 1. The van der Waals surface area contributed by atoms with E-state index in [9.17, 15) is 0 Å². The summed E-state index contributed by atoms with van der Waals surface area (Å²) < 4.78 is 10.7. The Bertz CT molecular complexity index is 413. The van der Waals surface area contributed by atoms with Crippen LogP contribution in [0.3, 0.4) is 0 Å². The first-order valence-electron chi connectivity index (χ1n) is 5.97. The van der Waals surface area contributed by atoms with E-state index in [2.05, 4.69) is 17.5 Å². The molecule has 0 atom stereocenters. The van der Waals surface area contributed by atoms with Gasteiger partial charge < -0.3 is 14.8 Å². The number of hydrogen-bond acceptors (Lipinski definition) is 3. The summed E-state index contributed by atoms with van der Waals surface area (Å²) in [6, 6.07) is 6.00. The Morgan fingerprint density at radius 3 is 2.76 bits per heavy atom. The highest BCUT2D eigenvalue weighted by Gasteiger charge is 2.11. The molecule has 0 aliphatic carbocycles. The standard InChI is InChI=1S/C14H19NO2/c1-16-12-5-6-13(14(10-12)17-2)11-4-3-8-15-9-7-11/h4-6,10,15H,3,7-9H2,1-2H3. The summed E-state index contributed by atoms with van der Waals surface area (Å²) in [5.74, 6) is 1.72. The minimum atomic E-state index is 0.831. The van der Waals surface area contributed by atoms with E-state index in [0.29, 0.717) is 0 Å². The molecule has 0 spiro atoms. The van der Waals surface area contributed by atoms with Gasteiger partial charge in [0.25, 0.3) is 0 Å². The Labute approximate surface area is 102 Å². The van der Waals surface area contributed by atoms with E-state index in [0.717, 1.165) is 37.4 Å². The van der Waals surface area contributed by atoms with Crippen LogP contribution in [0.2, 0.25) is 0 Å². The lowest BCUT2D eigenvalue weighted by Gasteiger charge is -2.12. The maximum Gasteiger partial charge on any atom is 0.130 e. The fourth-order valence-electron chi connectivity index (χ4n) is 2.11. The van der Waals surface area contributed by atoms with Crippen molar-refractivity contribution in [3.63, 3.8) is 0 Å². The molecule has 1 aromatic carbocycles. The van der Waals surface area contributed by atoms with Gasteiger partial charge in [-0.15, -0.1) is 0 Å². The summed E-state index contributed by atoms with van der Waals surface area (Å²) in [6.45, 7) is 2.09. The zero-order chi connectivity index (χ0) is 12.1. The monoisotopic (exact) mass is 233 g/mol. The molecule has 17 heavy (non-hydrogen) atoms. The van der Waals surface area contributed by atoms with Gasteiger partial charge in [-0.1, -0.05) is 6.08 Å².